The Morgan fingerprint density at radius 1 is 1.18 bits per heavy atom. The van der Waals surface area contributed by atoms with Gasteiger partial charge in [0.2, 0.25) is 0 Å². The molecule has 1 fully saturated rings. The van der Waals surface area contributed by atoms with E-state index in [-0.39, 0.29) is 18.0 Å². The van der Waals surface area contributed by atoms with Crippen molar-refractivity contribution < 1.29 is 9.53 Å². The van der Waals surface area contributed by atoms with Crippen molar-refractivity contribution in [1.82, 2.24) is 0 Å². The maximum absolute atomic E-state index is 11.2. The molecule has 0 aliphatic carbocycles. The number of carbonyl (C=O) groups is 1. The molecular formula is C7H6Cl2O2. The maximum atomic E-state index is 11.2. The molecule has 1 saturated heterocycles. The SMILES string of the molecule is O=C1[C@@H](Cl)[C@@H]2C=C[C@@H](O2)[C@@H]1Cl. The minimum Gasteiger partial charge on any atom is -0.363 e. The zero-order chi connectivity index (χ0) is 8.01. The third-order valence-electron chi connectivity index (χ3n) is 1.93. The predicted molar refractivity (Wildman–Crippen MR) is 42.1 cm³/mol. The number of halogens is 2. The highest BCUT2D eigenvalue weighted by molar-refractivity contribution is 6.41. The molecule has 2 bridgehead atoms. The first-order valence-electron chi connectivity index (χ1n) is 3.36. The summed E-state index contributed by atoms with van der Waals surface area (Å²) >= 11 is 11.5. The van der Waals surface area contributed by atoms with Gasteiger partial charge in [0.1, 0.15) is 23.0 Å². The third kappa shape index (κ3) is 1.01. The molecule has 0 aromatic rings. The van der Waals surface area contributed by atoms with Crippen molar-refractivity contribution in [2.75, 3.05) is 0 Å². The van der Waals surface area contributed by atoms with Crippen LogP contribution in [0.25, 0.3) is 0 Å². The summed E-state index contributed by atoms with van der Waals surface area (Å²) in [7, 11) is 0. The fourth-order valence-corrected chi connectivity index (χ4v) is 1.92. The number of hydrogen-bond acceptors (Lipinski definition) is 2. The molecule has 0 aromatic carbocycles. The summed E-state index contributed by atoms with van der Waals surface area (Å²) in [5.74, 6) is -0.125. The van der Waals surface area contributed by atoms with Crippen LogP contribution in [0, 0.1) is 0 Å². The molecule has 0 unspecified atom stereocenters. The van der Waals surface area contributed by atoms with Gasteiger partial charge in [-0.3, -0.25) is 4.79 Å². The Morgan fingerprint density at radius 3 is 2.09 bits per heavy atom. The van der Waals surface area contributed by atoms with Gasteiger partial charge < -0.3 is 4.74 Å². The molecule has 2 aliphatic rings. The first-order valence-corrected chi connectivity index (χ1v) is 4.23. The minimum atomic E-state index is -0.604. The third-order valence-corrected chi connectivity index (χ3v) is 2.85. The summed E-state index contributed by atoms with van der Waals surface area (Å²) in [6.45, 7) is 0. The van der Waals surface area contributed by atoms with Gasteiger partial charge in [0.25, 0.3) is 0 Å². The van der Waals surface area contributed by atoms with E-state index in [2.05, 4.69) is 0 Å². The number of alkyl halides is 2. The number of rotatable bonds is 0. The van der Waals surface area contributed by atoms with Crippen molar-refractivity contribution in [2.24, 2.45) is 0 Å². The van der Waals surface area contributed by atoms with Crippen molar-refractivity contribution in [3.8, 4) is 0 Å². The monoisotopic (exact) mass is 192 g/mol. The van der Waals surface area contributed by atoms with E-state index in [9.17, 15) is 4.79 Å². The Kier molecular flexibility index (Phi) is 1.71. The Bertz CT molecular complexity index is 206. The van der Waals surface area contributed by atoms with Gasteiger partial charge in [-0.1, -0.05) is 12.2 Å². The lowest BCUT2D eigenvalue weighted by Gasteiger charge is -2.27. The number of carbonyl (C=O) groups excluding carboxylic acids is 1. The van der Waals surface area contributed by atoms with E-state index in [1.165, 1.54) is 0 Å². The number of ketones is 1. The second-order valence-electron chi connectivity index (χ2n) is 2.66. The molecule has 2 heterocycles. The van der Waals surface area contributed by atoms with Gasteiger partial charge >= 0.3 is 0 Å². The summed E-state index contributed by atoms with van der Waals surface area (Å²) in [4.78, 5) is 11.2. The first kappa shape index (κ1) is 7.59. The topological polar surface area (TPSA) is 26.3 Å². The molecule has 2 rings (SSSR count). The van der Waals surface area contributed by atoms with Crippen LogP contribution >= 0.6 is 23.2 Å². The fraction of sp³-hybridized carbons (Fsp3) is 0.571. The lowest BCUT2D eigenvalue weighted by molar-refractivity contribution is -0.127. The number of Topliss-reactive ketones (excluding diaryl/α,β-unsaturated/α-hetero) is 1. The second-order valence-corrected chi connectivity index (χ2v) is 3.60. The molecule has 11 heavy (non-hydrogen) atoms. The van der Waals surface area contributed by atoms with Gasteiger partial charge in [0, 0.05) is 0 Å². The molecular weight excluding hydrogens is 187 g/mol. The van der Waals surface area contributed by atoms with E-state index in [0.29, 0.717) is 0 Å². The summed E-state index contributed by atoms with van der Waals surface area (Å²) in [5, 5.41) is -1.21. The zero-order valence-electron chi connectivity index (χ0n) is 5.54. The lowest BCUT2D eigenvalue weighted by atomic mass is 10.1. The summed E-state index contributed by atoms with van der Waals surface area (Å²) in [6, 6.07) is 0. The van der Waals surface area contributed by atoms with Crippen molar-refractivity contribution >= 4 is 29.0 Å². The van der Waals surface area contributed by atoms with Gasteiger partial charge in [-0.15, -0.1) is 23.2 Å². The fourth-order valence-electron chi connectivity index (χ4n) is 1.30. The van der Waals surface area contributed by atoms with Gasteiger partial charge in [0.15, 0.2) is 5.78 Å². The molecule has 0 spiro atoms. The Morgan fingerprint density at radius 2 is 1.64 bits per heavy atom. The van der Waals surface area contributed by atoms with Crippen molar-refractivity contribution in [2.45, 2.75) is 23.0 Å². The number of hydrogen-bond donors (Lipinski definition) is 0. The highest BCUT2D eigenvalue weighted by atomic mass is 35.5. The lowest BCUT2D eigenvalue weighted by Crippen LogP contribution is -2.45. The van der Waals surface area contributed by atoms with Crippen molar-refractivity contribution in [3.63, 3.8) is 0 Å². The zero-order valence-corrected chi connectivity index (χ0v) is 7.05. The smallest absolute Gasteiger partial charge is 0.174 e. The van der Waals surface area contributed by atoms with Gasteiger partial charge in [-0.05, 0) is 0 Å². The minimum absolute atomic E-state index is 0.125. The van der Waals surface area contributed by atoms with E-state index >= 15 is 0 Å². The summed E-state index contributed by atoms with van der Waals surface area (Å²) in [5.41, 5.74) is 0. The molecule has 2 aliphatic heterocycles. The van der Waals surface area contributed by atoms with Gasteiger partial charge in [-0.25, -0.2) is 0 Å². The largest absolute Gasteiger partial charge is 0.363 e. The first-order chi connectivity index (χ1) is 5.20. The molecule has 0 N–H and O–H groups in total. The average molecular weight is 193 g/mol. The molecule has 0 saturated carbocycles. The Hall–Kier alpha value is -0.0500. The van der Waals surface area contributed by atoms with Crippen LogP contribution in [0.15, 0.2) is 12.2 Å². The average Bonchev–Trinajstić information content (AvgIpc) is 2.44. The van der Waals surface area contributed by atoms with Crippen LogP contribution in [0.1, 0.15) is 0 Å². The molecule has 0 aromatic heterocycles. The number of ether oxygens (including phenoxy) is 1. The molecule has 60 valence electrons. The van der Waals surface area contributed by atoms with Gasteiger partial charge in [0.05, 0.1) is 0 Å². The van der Waals surface area contributed by atoms with Crippen LogP contribution in [0.4, 0.5) is 0 Å². The molecule has 4 heteroatoms. The van der Waals surface area contributed by atoms with Crippen LogP contribution in [0.3, 0.4) is 0 Å². The maximum Gasteiger partial charge on any atom is 0.174 e. The van der Waals surface area contributed by atoms with Crippen LogP contribution in [-0.2, 0) is 9.53 Å². The van der Waals surface area contributed by atoms with Crippen LogP contribution < -0.4 is 0 Å². The Balaban J connectivity index is 2.29. The highest BCUT2D eigenvalue weighted by Crippen LogP contribution is 2.31. The van der Waals surface area contributed by atoms with Crippen molar-refractivity contribution in [3.05, 3.63) is 12.2 Å². The van der Waals surface area contributed by atoms with E-state index in [4.69, 9.17) is 27.9 Å². The molecule has 0 radical (unpaired) electrons. The predicted octanol–water partition coefficient (Wildman–Crippen LogP) is 1.11. The quantitative estimate of drug-likeness (QED) is 0.425. The number of fused-ring (bicyclic) bond motifs is 2. The van der Waals surface area contributed by atoms with Crippen molar-refractivity contribution in [1.29, 1.82) is 0 Å². The highest BCUT2D eigenvalue weighted by Gasteiger charge is 2.44. The van der Waals surface area contributed by atoms with E-state index < -0.39 is 10.8 Å². The molecule has 4 atom stereocenters. The Labute approximate surface area is 74.1 Å². The van der Waals surface area contributed by atoms with E-state index in [1.807, 2.05) is 0 Å². The van der Waals surface area contributed by atoms with Gasteiger partial charge in [-0.2, -0.15) is 0 Å². The normalized spacial score (nSPS) is 48.4. The summed E-state index contributed by atoms with van der Waals surface area (Å²) < 4.78 is 5.30. The summed E-state index contributed by atoms with van der Waals surface area (Å²) in [6.07, 6.45) is 3.07. The van der Waals surface area contributed by atoms with Crippen LogP contribution in [0.2, 0.25) is 0 Å². The second kappa shape index (κ2) is 2.47. The molecule has 2 nitrogen and oxygen atoms in total. The van der Waals surface area contributed by atoms with Crippen LogP contribution in [0.5, 0.6) is 0 Å². The standard InChI is InChI=1S/C7H6Cl2O2/c8-5-3-1-2-4(11-3)6(9)7(5)10/h1-6H/t3-,4+,5-,6-/m0/s1. The van der Waals surface area contributed by atoms with E-state index in [1.54, 1.807) is 12.2 Å². The van der Waals surface area contributed by atoms with E-state index in [0.717, 1.165) is 0 Å². The van der Waals surface area contributed by atoms with Crippen LogP contribution in [-0.4, -0.2) is 28.7 Å². The molecule has 0 amide bonds.